The van der Waals surface area contributed by atoms with Gasteiger partial charge in [-0.15, -0.1) is 11.3 Å². The van der Waals surface area contributed by atoms with Crippen LogP contribution < -0.4 is 10.6 Å². The summed E-state index contributed by atoms with van der Waals surface area (Å²) in [6.45, 7) is 7.57. The third kappa shape index (κ3) is 6.81. The van der Waals surface area contributed by atoms with Gasteiger partial charge in [-0.1, -0.05) is 13.8 Å². The van der Waals surface area contributed by atoms with Gasteiger partial charge < -0.3 is 15.7 Å². The summed E-state index contributed by atoms with van der Waals surface area (Å²) in [6.07, 6.45) is -1.91. The van der Waals surface area contributed by atoms with Crippen molar-refractivity contribution in [3.8, 4) is 0 Å². The third-order valence-corrected chi connectivity index (χ3v) is 5.17. The fourth-order valence-corrected chi connectivity index (χ4v) is 3.18. The van der Waals surface area contributed by atoms with Crippen molar-refractivity contribution in [2.24, 2.45) is 10.4 Å². The van der Waals surface area contributed by atoms with Crippen molar-refractivity contribution in [3.63, 3.8) is 0 Å². The number of hydrogen-bond acceptors (Lipinski definition) is 4. The van der Waals surface area contributed by atoms with Crippen molar-refractivity contribution < 1.29 is 18.3 Å². The van der Waals surface area contributed by atoms with Gasteiger partial charge >= 0.3 is 6.18 Å². The van der Waals surface area contributed by atoms with Gasteiger partial charge in [0.05, 0.1) is 6.54 Å². The molecule has 1 aromatic rings. The Morgan fingerprint density at radius 2 is 1.92 bits per heavy atom. The highest BCUT2D eigenvalue weighted by Crippen LogP contribution is 2.30. The van der Waals surface area contributed by atoms with Gasteiger partial charge in [0, 0.05) is 25.1 Å². The van der Waals surface area contributed by atoms with Crippen LogP contribution >= 0.6 is 11.3 Å². The molecule has 9 heteroatoms. The van der Waals surface area contributed by atoms with E-state index in [1.54, 1.807) is 0 Å². The fourth-order valence-electron chi connectivity index (χ4n) is 2.45. The zero-order valence-electron chi connectivity index (χ0n) is 14.9. The van der Waals surface area contributed by atoms with Gasteiger partial charge in [-0.25, -0.2) is 9.98 Å². The largest absolute Gasteiger partial charge is 0.434 e. The summed E-state index contributed by atoms with van der Waals surface area (Å²) in [5.74, 6) is 0.537. The number of nitrogens with zero attached hydrogens (tertiary/aromatic N) is 2. The lowest BCUT2D eigenvalue weighted by Crippen LogP contribution is -2.43. The summed E-state index contributed by atoms with van der Waals surface area (Å²) in [5, 5.41) is 16.9. The van der Waals surface area contributed by atoms with E-state index in [2.05, 4.69) is 34.5 Å². The molecule has 0 aromatic carbocycles. The van der Waals surface area contributed by atoms with Crippen LogP contribution in [0.2, 0.25) is 0 Å². The molecule has 0 radical (unpaired) electrons. The summed E-state index contributed by atoms with van der Waals surface area (Å²) < 4.78 is 37.8. The Bertz CT molecular complexity index is 542. The van der Waals surface area contributed by atoms with Crippen molar-refractivity contribution in [2.75, 3.05) is 19.7 Å². The molecule has 25 heavy (non-hydrogen) atoms. The Balaban J connectivity index is 2.75. The van der Waals surface area contributed by atoms with Crippen molar-refractivity contribution in [3.05, 3.63) is 16.1 Å². The zero-order chi connectivity index (χ0) is 18.9. The first-order valence-electron chi connectivity index (χ1n) is 8.44. The van der Waals surface area contributed by atoms with E-state index >= 15 is 0 Å². The van der Waals surface area contributed by atoms with Gasteiger partial charge in [-0.2, -0.15) is 13.2 Å². The second-order valence-corrected chi connectivity index (χ2v) is 6.80. The van der Waals surface area contributed by atoms with Crippen LogP contribution in [0.4, 0.5) is 13.2 Å². The molecule has 0 spiro atoms. The monoisotopic (exact) mass is 380 g/mol. The summed E-state index contributed by atoms with van der Waals surface area (Å²) in [4.78, 5) is 7.91. The first kappa shape index (κ1) is 21.7. The Hall–Kier alpha value is -1.35. The standard InChI is InChI=1S/C16H27F3N4OS/c1-4-15(5-2,7-8-24)11-22-14(20-6-3)21-9-13-23-12(10-25-13)16(17,18)19/h10,24H,4-9,11H2,1-3H3,(H2,20,21,22). The van der Waals surface area contributed by atoms with Crippen LogP contribution in [0.25, 0.3) is 0 Å². The van der Waals surface area contributed by atoms with Gasteiger partial charge in [-0.3, -0.25) is 0 Å². The Morgan fingerprint density at radius 3 is 2.40 bits per heavy atom. The van der Waals surface area contributed by atoms with Crippen molar-refractivity contribution >= 4 is 17.3 Å². The van der Waals surface area contributed by atoms with Crippen LogP contribution in [-0.2, 0) is 12.7 Å². The number of thiazole rings is 1. The Morgan fingerprint density at radius 1 is 1.24 bits per heavy atom. The maximum absolute atomic E-state index is 12.6. The molecule has 0 saturated heterocycles. The Kier molecular flexibility index (Phi) is 8.64. The molecule has 0 atom stereocenters. The number of halogens is 3. The molecule has 1 aromatic heterocycles. The van der Waals surface area contributed by atoms with Gasteiger partial charge in [0.25, 0.3) is 0 Å². The molecule has 0 saturated carbocycles. The molecular formula is C16H27F3N4OS. The predicted molar refractivity (Wildman–Crippen MR) is 94.7 cm³/mol. The highest BCUT2D eigenvalue weighted by molar-refractivity contribution is 7.09. The number of aliphatic hydroxyl groups excluding tert-OH is 1. The van der Waals surface area contributed by atoms with Crippen LogP contribution in [0.5, 0.6) is 0 Å². The lowest BCUT2D eigenvalue weighted by molar-refractivity contribution is -0.140. The lowest BCUT2D eigenvalue weighted by Gasteiger charge is -2.32. The molecule has 0 fully saturated rings. The number of guanidine groups is 1. The minimum absolute atomic E-state index is 0.0322. The number of alkyl halides is 3. The third-order valence-electron chi connectivity index (χ3n) is 4.33. The smallest absolute Gasteiger partial charge is 0.396 e. The van der Waals surface area contributed by atoms with Gasteiger partial charge in [0.1, 0.15) is 5.01 Å². The van der Waals surface area contributed by atoms with Crippen LogP contribution in [0.1, 0.15) is 50.7 Å². The zero-order valence-corrected chi connectivity index (χ0v) is 15.7. The van der Waals surface area contributed by atoms with Crippen LogP contribution in [0.15, 0.2) is 10.4 Å². The van der Waals surface area contributed by atoms with Crippen LogP contribution in [-0.4, -0.2) is 35.7 Å². The average molecular weight is 380 g/mol. The highest BCUT2D eigenvalue weighted by Gasteiger charge is 2.33. The molecule has 0 aliphatic rings. The highest BCUT2D eigenvalue weighted by atomic mass is 32.1. The minimum atomic E-state index is -4.42. The fraction of sp³-hybridized carbons (Fsp3) is 0.750. The van der Waals surface area contributed by atoms with E-state index in [9.17, 15) is 18.3 Å². The van der Waals surface area contributed by atoms with E-state index in [4.69, 9.17) is 0 Å². The molecule has 144 valence electrons. The van der Waals surface area contributed by atoms with Crippen LogP contribution in [0, 0.1) is 5.41 Å². The normalized spacial score (nSPS) is 13.2. The van der Waals surface area contributed by atoms with E-state index in [1.807, 2.05) is 6.92 Å². The topological polar surface area (TPSA) is 69.5 Å². The quantitative estimate of drug-likeness (QED) is 0.454. The summed E-state index contributed by atoms with van der Waals surface area (Å²) >= 11 is 0.950. The van der Waals surface area contributed by atoms with E-state index in [-0.39, 0.29) is 18.6 Å². The van der Waals surface area contributed by atoms with E-state index in [0.717, 1.165) is 29.6 Å². The molecule has 0 amide bonds. The minimum Gasteiger partial charge on any atom is -0.396 e. The maximum atomic E-state index is 12.6. The van der Waals surface area contributed by atoms with Crippen molar-refractivity contribution in [2.45, 2.75) is 52.8 Å². The number of rotatable bonds is 9. The molecule has 1 rings (SSSR count). The van der Waals surface area contributed by atoms with Crippen LogP contribution in [0.3, 0.4) is 0 Å². The van der Waals surface area contributed by atoms with E-state index in [1.165, 1.54) is 0 Å². The maximum Gasteiger partial charge on any atom is 0.434 e. The van der Waals surface area contributed by atoms with Gasteiger partial charge in [-0.05, 0) is 31.6 Å². The average Bonchev–Trinajstić information content (AvgIpc) is 3.05. The number of aliphatic hydroxyl groups is 1. The number of nitrogens with one attached hydrogen (secondary N) is 2. The molecule has 0 bridgehead atoms. The van der Waals surface area contributed by atoms with Crippen molar-refractivity contribution in [1.29, 1.82) is 0 Å². The molecular weight excluding hydrogens is 353 g/mol. The molecule has 1 heterocycles. The lowest BCUT2D eigenvalue weighted by atomic mass is 9.79. The number of aromatic nitrogens is 1. The molecule has 0 unspecified atom stereocenters. The van der Waals surface area contributed by atoms with E-state index in [0.29, 0.717) is 30.5 Å². The SMILES string of the molecule is CCNC(=NCc1nc(C(F)(F)F)cs1)NCC(CC)(CC)CCO. The molecule has 5 nitrogen and oxygen atoms in total. The predicted octanol–water partition coefficient (Wildman–Crippen LogP) is 3.41. The number of hydrogen-bond donors (Lipinski definition) is 3. The summed E-state index contributed by atoms with van der Waals surface area (Å²) in [6, 6.07) is 0. The number of aliphatic imine (C=N–C) groups is 1. The Labute approximate surface area is 150 Å². The summed E-state index contributed by atoms with van der Waals surface area (Å²) in [5.41, 5.74) is -0.908. The first-order chi connectivity index (χ1) is 11.8. The van der Waals surface area contributed by atoms with Gasteiger partial charge in [0.15, 0.2) is 11.7 Å². The van der Waals surface area contributed by atoms with Gasteiger partial charge in [0.2, 0.25) is 0 Å². The second-order valence-electron chi connectivity index (χ2n) is 5.85. The molecule has 0 aliphatic heterocycles. The molecule has 3 N–H and O–H groups in total. The van der Waals surface area contributed by atoms with Crippen molar-refractivity contribution in [1.82, 2.24) is 15.6 Å². The molecule has 0 aliphatic carbocycles. The summed E-state index contributed by atoms with van der Waals surface area (Å²) in [7, 11) is 0. The second kappa shape index (κ2) is 9.96. The van der Waals surface area contributed by atoms with E-state index < -0.39 is 11.9 Å². The first-order valence-corrected chi connectivity index (χ1v) is 9.32.